The normalized spacial score (nSPS) is 18.6. The number of benzene rings is 3. The number of nitrogens with one attached hydrogen (secondary N) is 1. The number of halogens is 1. The van der Waals surface area contributed by atoms with E-state index in [-0.39, 0.29) is 17.4 Å². The summed E-state index contributed by atoms with van der Waals surface area (Å²) < 4.78 is 6.33. The van der Waals surface area contributed by atoms with Crippen molar-refractivity contribution in [1.82, 2.24) is 0 Å². The molecular weight excluding hydrogens is 398 g/mol. The molecule has 0 bridgehead atoms. The topological polar surface area (TPSA) is 58.6 Å². The minimum Gasteiger partial charge on any atom is -0.507 e. The fourth-order valence-corrected chi connectivity index (χ4v) is 4.17. The van der Waals surface area contributed by atoms with Crippen LogP contribution in [0.25, 0.3) is 0 Å². The Bertz CT molecular complexity index is 1000. The molecule has 3 aromatic rings. The van der Waals surface area contributed by atoms with Gasteiger partial charge in [0.1, 0.15) is 17.6 Å². The van der Waals surface area contributed by atoms with Crippen LogP contribution in [-0.4, -0.2) is 17.1 Å². The second-order valence-electron chi connectivity index (χ2n) is 7.60. The van der Waals surface area contributed by atoms with E-state index in [0.29, 0.717) is 16.6 Å². The number of anilines is 1. The Balaban J connectivity index is 1.43. The van der Waals surface area contributed by atoms with Crippen LogP contribution in [0.4, 0.5) is 5.69 Å². The van der Waals surface area contributed by atoms with Crippen molar-refractivity contribution in [2.24, 2.45) is 0 Å². The first kappa shape index (κ1) is 20.3. The second kappa shape index (κ2) is 9.23. The van der Waals surface area contributed by atoms with E-state index < -0.39 is 5.91 Å². The van der Waals surface area contributed by atoms with E-state index in [1.54, 1.807) is 12.1 Å². The molecular formula is C25H24ClNO3. The monoisotopic (exact) mass is 421 g/mol. The zero-order chi connectivity index (χ0) is 20.9. The predicted molar refractivity (Wildman–Crippen MR) is 120 cm³/mol. The second-order valence-corrected chi connectivity index (χ2v) is 8.03. The van der Waals surface area contributed by atoms with Crippen molar-refractivity contribution in [3.8, 4) is 11.5 Å². The largest absolute Gasteiger partial charge is 0.507 e. The maximum Gasteiger partial charge on any atom is 0.259 e. The Morgan fingerprint density at radius 3 is 2.47 bits per heavy atom. The molecule has 4 nitrogen and oxygen atoms in total. The summed E-state index contributed by atoms with van der Waals surface area (Å²) in [5, 5.41) is 13.1. The highest BCUT2D eigenvalue weighted by atomic mass is 35.5. The minimum atomic E-state index is -0.417. The van der Waals surface area contributed by atoms with E-state index >= 15 is 0 Å². The van der Waals surface area contributed by atoms with Gasteiger partial charge in [-0.1, -0.05) is 48.4 Å². The molecule has 0 aliphatic heterocycles. The first-order valence-electron chi connectivity index (χ1n) is 10.2. The van der Waals surface area contributed by atoms with Crippen molar-refractivity contribution in [2.45, 2.75) is 37.7 Å². The van der Waals surface area contributed by atoms with Crippen LogP contribution in [0.1, 0.15) is 47.5 Å². The maximum atomic E-state index is 12.4. The number of amides is 1. The summed E-state index contributed by atoms with van der Waals surface area (Å²) in [6.07, 6.45) is 4.70. The van der Waals surface area contributed by atoms with Crippen LogP contribution >= 0.6 is 11.6 Å². The third-order valence-electron chi connectivity index (χ3n) is 5.53. The number of carbonyl (C=O) groups is 1. The molecule has 1 saturated carbocycles. The average Bonchev–Trinajstić information content (AvgIpc) is 2.78. The molecule has 0 spiro atoms. The molecule has 2 N–H and O–H groups in total. The van der Waals surface area contributed by atoms with E-state index in [2.05, 4.69) is 29.6 Å². The Morgan fingerprint density at radius 2 is 1.70 bits per heavy atom. The highest BCUT2D eigenvalue weighted by Crippen LogP contribution is 2.36. The summed E-state index contributed by atoms with van der Waals surface area (Å²) in [7, 11) is 0. The average molecular weight is 422 g/mol. The van der Waals surface area contributed by atoms with Crippen molar-refractivity contribution in [2.75, 3.05) is 5.32 Å². The molecule has 1 aliphatic carbocycles. The summed E-state index contributed by atoms with van der Waals surface area (Å²) in [6, 6.07) is 22.3. The Hall–Kier alpha value is -2.98. The lowest BCUT2D eigenvalue weighted by atomic mass is 9.81. The lowest BCUT2D eigenvalue weighted by Crippen LogP contribution is -2.28. The summed E-state index contributed by atoms with van der Waals surface area (Å²) >= 11 is 5.93. The van der Waals surface area contributed by atoms with Crippen LogP contribution in [0.2, 0.25) is 5.02 Å². The standard InChI is InChI=1S/C25H24ClNO3/c26-18-10-15-23(28)22(16-18)25(29)27-19-11-13-20(14-12-19)30-24-9-5-4-8-21(24)17-6-2-1-3-7-17/h1-3,6-7,10-16,21,24,28H,4-5,8-9H2,(H,27,29)/t21-,24-/m0/s1. The number of rotatable bonds is 5. The molecule has 5 heteroatoms. The van der Waals surface area contributed by atoms with Gasteiger partial charge in [0.15, 0.2) is 0 Å². The zero-order valence-corrected chi connectivity index (χ0v) is 17.3. The molecule has 2 atom stereocenters. The van der Waals surface area contributed by atoms with Gasteiger partial charge in [-0.05, 0) is 67.3 Å². The van der Waals surface area contributed by atoms with Crippen LogP contribution in [-0.2, 0) is 0 Å². The molecule has 1 aliphatic rings. The molecule has 154 valence electrons. The van der Waals surface area contributed by atoms with Gasteiger partial charge < -0.3 is 15.2 Å². The highest BCUT2D eigenvalue weighted by Gasteiger charge is 2.28. The lowest BCUT2D eigenvalue weighted by Gasteiger charge is -2.32. The SMILES string of the molecule is O=C(Nc1ccc(O[C@H]2CCCC[C@H]2c2ccccc2)cc1)c1cc(Cl)ccc1O. The minimum absolute atomic E-state index is 0.110. The Morgan fingerprint density at radius 1 is 0.967 bits per heavy atom. The van der Waals surface area contributed by atoms with Gasteiger partial charge in [-0.25, -0.2) is 0 Å². The van der Waals surface area contributed by atoms with E-state index in [4.69, 9.17) is 16.3 Å². The molecule has 0 radical (unpaired) electrons. The van der Waals surface area contributed by atoms with Gasteiger partial charge in [0, 0.05) is 16.6 Å². The number of carbonyl (C=O) groups excluding carboxylic acids is 1. The van der Waals surface area contributed by atoms with Gasteiger partial charge in [0.2, 0.25) is 0 Å². The quantitative estimate of drug-likeness (QED) is 0.500. The smallest absolute Gasteiger partial charge is 0.259 e. The van der Waals surface area contributed by atoms with Crippen LogP contribution in [0.5, 0.6) is 11.5 Å². The number of ether oxygens (including phenoxy) is 1. The molecule has 0 unspecified atom stereocenters. The first-order valence-corrected chi connectivity index (χ1v) is 10.6. The fraction of sp³-hybridized carbons (Fsp3) is 0.240. The zero-order valence-electron chi connectivity index (χ0n) is 16.6. The number of hydrogen-bond acceptors (Lipinski definition) is 3. The number of phenols is 1. The van der Waals surface area contributed by atoms with Gasteiger partial charge in [-0.15, -0.1) is 0 Å². The number of aromatic hydroxyl groups is 1. The molecule has 1 fully saturated rings. The third-order valence-corrected chi connectivity index (χ3v) is 5.77. The van der Waals surface area contributed by atoms with Gasteiger partial charge in [-0.3, -0.25) is 4.79 Å². The molecule has 0 aromatic heterocycles. The summed E-state index contributed by atoms with van der Waals surface area (Å²) in [6.45, 7) is 0. The molecule has 0 heterocycles. The summed E-state index contributed by atoms with van der Waals surface area (Å²) in [5.74, 6) is 0.651. The van der Waals surface area contributed by atoms with Gasteiger partial charge >= 0.3 is 0 Å². The van der Waals surface area contributed by atoms with Crippen LogP contribution in [0.3, 0.4) is 0 Å². The van der Waals surface area contributed by atoms with Crippen LogP contribution in [0, 0.1) is 0 Å². The summed E-state index contributed by atoms with van der Waals surface area (Å²) in [5.41, 5.74) is 2.08. The fourth-order valence-electron chi connectivity index (χ4n) is 4.00. The van der Waals surface area contributed by atoms with Crippen molar-refractivity contribution < 1.29 is 14.6 Å². The van der Waals surface area contributed by atoms with E-state index in [1.165, 1.54) is 36.6 Å². The van der Waals surface area contributed by atoms with E-state index in [9.17, 15) is 9.90 Å². The first-order chi connectivity index (χ1) is 14.6. The molecule has 1 amide bonds. The predicted octanol–water partition coefficient (Wildman–Crippen LogP) is 6.40. The van der Waals surface area contributed by atoms with Crippen molar-refractivity contribution in [1.29, 1.82) is 0 Å². The lowest BCUT2D eigenvalue weighted by molar-refractivity contribution is 0.102. The molecule has 4 rings (SSSR count). The van der Waals surface area contributed by atoms with Gasteiger partial charge in [0.25, 0.3) is 5.91 Å². The van der Waals surface area contributed by atoms with Crippen molar-refractivity contribution in [3.63, 3.8) is 0 Å². The number of phenolic OH excluding ortho intramolecular Hbond substituents is 1. The van der Waals surface area contributed by atoms with E-state index in [1.807, 2.05) is 18.2 Å². The van der Waals surface area contributed by atoms with E-state index in [0.717, 1.165) is 18.6 Å². The maximum absolute atomic E-state index is 12.4. The molecule has 30 heavy (non-hydrogen) atoms. The van der Waals surface area contributed by atoms with Crippen molar-refractivity contribution in [3.05, 3.63) is 88.9 Å². The van der Waals surface area contributed by atoms with Crippen LogP contribution < -0.4 is 10.1 Å². The molecule has 0 saturated heterocycles. The third kappa shape index (κ3) is 4.77. The Labute approximate surface area is 181 Å². The highest BCUT2D eigenvalue weighted by molar-refractivity contribution is 6.31. The van der Waals surface area contributed by atoms with Crippen molar-refractivity contribution >= 4 is 23.2 Å². The van der Waals surface area contributed by atoms with Gasteiger partial charge in [0.05, 0.1) is 5.56 Å². The summed E-state index contributed by atoms with van der Waals surface area (Å²) in [4.78, 5) is 12.4. The van der Waals surface area contributed by atoms with Gasteiger partial charge in [-0.2, -0.15) is 0 Å². The van der Waals surface area contributed by atoms with Crippen LogP contribution in [0.15, 0.2) is 72.8 Å². The Kier molecular flexibility index (Phi) is 6.24. The number of hydrogen-bond donors (Lipinski definition) is 2. The molecule has 3 aromatic carbocycles.